The van der Waals surface area contributed by atoms with Gasteiger partial charge in [0.1, 0.15) is 5.60 Å². The van der Waals surface area contributed by atoms with E-state index in [0.29, 0.717) is 19.6 Å². The van der Waals surface area contributed by atoms with Crippen molar-refractivity contribution in [2.24, 2.45) is 5.73 Å². The van der Waals surface area contributed by atoms with Crippen LogP contribution in [0.1, 0.15) is 50.8 Å². The van der Waals surface area contributed by atoms with Crippen LogP contribution in [-0.2, 0) is 11.3 Å². The highest BCUT2D eigenvalue weighted by molar-refractivity contribution is 5.68. The number of halogens is 1. The van der Waals surface area contributed by atoms with Crippen molar-refractivity contribution in [3.63, 3.8) is 0 Å². The van der Waals surface area contributed by atoms with Crippen LogP contribution >= 0.6 is 0 Å². The van der Waals surface area contributed by atoms with Gasteiger partial charge < -0.3 is 15.4 Å². The summed E-state index contributed by atoms with van der Waals surface area (Å²) in [6, 6.07) is 3.22. The van der Waals surface area contributed by atoms with Gasteiger partial charge >= 0.3 is 6.09 Å². The number of ether oxygens (including phenoxy) is 1. The molecule has 0 aromatic carbocycles. The topological polar surface area (TPSA) is 68.5 Å². The lowest BCUT2D eigenvalue weighted by molar-refractivity contribution is 0.0204. The molecule has 6 heteroatoms. The van der Waals surface area contributed by atoms with Crippen LogP contribution in [0.25, 0.3) is 0 Å². The minimum atomic E-state index is -0.493. The molecule has 0 spiro atoms. The normalized spacial score (nSPS) is 16.7. The first-order chi connectivity index (χ1) is 10.3. The Balaban J connectivity index is 1.97. The van der Waals surface area contributed by atoms with Gasteiger partial charge in [0.25, 0.3) is 0 Å². The third-order valence-electron chi connectivity index (χ3n) is 3.67. The van der Waals surface area contributed by atoms with Crippen molar-refractivity contribution in [1.29, 1.82) is 0 Å². The lowest BCUT2D eigenvalue weighted by atomic mass is 9.92. The highest BCUT2D eigenvalue weighted by Crippen LogP contribution is 2.28. The summed E-state index contributed by atoms with van der Waals surface area (Å²) < 4.78 is 18.9. The molecule has 2 N–H and O–H groups in total. The third kappa shape index (κ3) is 4.40. The number of carbonyl (C=O) groups is 1. The van der Waals surface area contributed by atoms with Crippen LogP contribution in [0.2, 0.25) is 0 Å². The van der Waals surface area contributed by atoms with E-state index in [1.165, 1.54) is 6.07 Å². The van der Waals surface area contributed by atoms with Crippen LogP contribution in [-0.4, -0.2) is 34.7 Å². The molecule has 2 rings (SSSR count). The van der Waals surface area contributed by atoms with Crippen molar-refractivity contribution in [1.82, 2.24) is 9.88 Å². The summed E-state index contributed by atoms with van der Waals surface area (Å²) in [7, 11) is 0. The minimum absolute atomic E-state index is 0.152. The molecule has 1 aliphatic heterocycles. The number of amides is 1. The van der Waals surface area contributed by atoms with Crippen molar-refractivity contribution in [2.75, 3.05) is 13.1 Å². The summed E-state index contributed by atoms with van der Waals surface area (Å²) >= 11 is 0. The second-order valence-electron chi connectivity index (χ2n) is 6.67. The van der Waals surface area contributed by atoms with Crippen LogP contribution in [0.15, 0.2) is 12.1 Å². The van der Waals surface area contributed by atoms with E-state index in [2.05, 4.69) is 4.98 Å². The average molecular weight is 309 g/mol. The van der Waals surface area contributed by atoms with Crippen molar-refractivity contribution >= 4 is 6.09 Å². The number of rotatable bonds is 2. The van der Waals surface area contributed by atoms with E-state index in [1.807, 2.05) is 26.8 Å². The molecule has 0 atom stereocenters. The Hall–Kier alpha value is -1.69. The molecule has 1 fully saturated rings. The van der Waals surface area contributed by atoms with Crippen LogP contribution in [0.5, 0.6) is 0 Å². The van der Waals surface area contributed by atoms with Gasteiger partial charge in [-0.25, -0.2) is 9.78 Å². The Morgan fingerprint density at radius 3 is 2.59 bits per heavy atom. The molecule has 0 aliphatic carbocycles. The number of hydrogen-bond donors (Lipinski definition) is 1. The summed E-state index contributed by atoms with van der Waals surface area (Å²) in [6.07, 6.45) is 1.21. The second kappa shape index (κ2) is 6.60. The van der Waals surface area contributed by atoms with Crippen molar-refractivity contribution in [3.05, 3.63) is 29.3 Å². The number of piperidine rings is 1. The van der Waals surface area contributed by atoms with Crippen molar-refractivity contribution < 1.29 is 13.9 Å². The molecule has 0 bridgehead atoms. The number of nitrogens with zero attached hydrogens (tertiary/aromatic N) is 2. The zero-order valence-electron chi connectivity index (χ0n) is 13.4. The van der Waals surface area contributed by atoms with Gasteiger partial charge in [-0.15, -0.1) is 0 Å². The number of pyridine rings is 1. The number of carbonyl (C=O) groups excluding carboxylic acids is 1. The van der Waals surface area contributed by atoms with Gasteiger partial charge in [0.2, 0.25) is 5.95 Å². The van der Waals surface area contributed by atoms with Gasteiger partial charge in [-0.1, -0.05) is 0 Å². The van der Waals surface area contributed by atoms with Gasteiger partial charge in [-0.2, -0.15) is 4.39 Å². The number of hydrogen-bond acceptors (Lipinski definition) is 4. The summed E-state index contributed by atoms with van der Waals surface area (Å²) in [5.74, 6) is -0.341. The summed E-state index contributed by atoms with van der Waals surface area (Å²) in [6.45, 7) is 7.03. The molecule has 1 saturated heterocycles. The van der Waals surface area contributed by atoms with E-state index in [-0.39, 0.29) is 12.0 Å². The molecule has 0 saturated carbocycles. The van der Waals surface area contributed by atoms with Crippen LogP contribution < -0.4 is 5.73 Å². The molecular weight excluding hydrogens is 285 g/mol. The molecule has 5 nitrogen and oxygen atoms in total. The largest absolute Gasteiger partial charge is 0.444 e. The molecule has 1 aromatic rings. The Bertz CT molecular complexity index is 535. The Kier molecular flexibility index (Phi) is 5.01. The molecule has 122 valence electrons. The van der Waals surface area contributed by atoms with E-state index in [9.17, 15) is 9.18 Å². The lowest BCUT2D eigenvalue weighted by Gasteiger charge is -2.33. The van der Waals surface area contributed by atoms with Gasteiger partial charge in [-0.05, 0) is 51.3 Å². The van der Waals surface area contributed by atoms with Crippen molar-refractivity contribution in [2.45, 2.75) is 51.7 Å². The highest BCUT2D eigenvalue weighted by atomic mass is 19.1. The molecule has 0 unspecified atom stereocenters. The summed E-state index contributed by atoms with van der Waals surface area (Å²) in [5.41, 5.74) is 6.56. The van der Waals surface area contributed by atoms with E-state index < -0.39 is 11.5 Å². The summed E-state index contributed by atoms with van der Waals surface area (Å²) in [5, 5.41) is 0. The number of likely N-dealkylation sites (tertiary alicyclic amines) is 1. The van der Waals surface area contributed by atoms with E-state index in [1.54, 1.807) is 4.90 Å². The predicted molar refractivity (Wildman–Crippen MR) is 81.9 cm³/mol. The van der Waals surface area contributed by atoms with Gasteiger partial charge in [0.15, 0.2) is 0 Å². The summed E-state index contributed by atoms with van der Waals surface area (Å²) in [4.78, 5) is 17.7. The first kappa shape index (κ1) is 16.7. The fourth-order valence-electron chi connectivity index (χ4n) is 2.58. The first-order valence-electron chi connectivity index (χ1n) is 7.63. The fourth-order valence-corrected chi connectivity index (χ4v) is 2.58. The quantitative estimate of drug-likeness (QED) is 0.853. The number of nitrogens with two attached hydrogens (primary N) is 1. The first-order valence-corrected chi connectivity index (χ1v) is 7.63. The SMILES string of the molecule is CC(C)(C)OC(=O)N1CCC(c2cc(CN)cc(F)n2)CC1. The predicted octanol–water partition coefficient (Wildman–Crippen LogP) is 2.79. The molecule has 2 heterocycles. The average Bonchev–Trinajstić information content (AvgIpc) is 2.45. The van der Waals surface area contributed by atoms with E-state index in [4.69, 9.17) is 10.5 Å². The maximum absolute atomic E-state index is 13.5. The van der Waals surface area contributed by atoms with E-state index in [0.717, 1.165) is 24.1 Å². The second-order valence-corrected chi connectivity index (χ2v) is 6.67. The van der Waals surface area contributed by atoms with Gasteiger partial charge in [0, 0.05) is 31.2 Å². The Labute approximate surface area is 130 Å². The molecule has 0 radical (unpaired) electrons. The van der Waals surface area contributed by atoms with Crippen LogP contribution in [0.3, 0.4) is 0 Å². The Morgan fingerprint density at radius 2 is 2.05 bits per heavy atom. The third-order valence-corrected chi connectivity index (χ3v) is 3.67. The molecule has 1 aliphatic rings. The lowest BCUT2D eigenvalue weighted by Crippen LogP contribution is -2.41. The van der Waals surface area contributed by atoms with Crippen molar-refractivity contribution in [3.8, 4) is 0 Å². The minimum Gasteiger partial charge on any atom is -0.444 e. The zero-order valence-corrected chi connectivity index (χ0v) is 13.4. The van der Waals surface area contributed by atoms with Gasteiger partial charge in [-0.3, -0.25) is 0 Å². The fraction of sp³-hybridized carbons (Fsp3) is 0.625. The maximum atomic E-state index is 13.5. The monoisotopic (exact) mass is 309 g/mol. The smallest absolute Gasteiger partial charge is 0.410 e. The Morgan fingerprint density at radius 1 is 1.41 bits per heavy atom. The van der Waals surface area contributed by atoms with E-state index >= 15 is 0 Å². The highest BCUT2D eigenvalue weighted by Gasteiger charge is 2.28. The zero-order chi connectivity index (χ0) is 16.3. The maximum Gasteiger partial charge on any atom is 0.410 e. The van der Waals surface area contributed by atoms with Crippen LogP contribution in [0, 0.1) is 5.95 Å². The molecule has 1 aromatic heterocycles. The molecule has 1 amide bonds. The number of aromatic nitrogens is 1. The molecule has 22 heavy (non-hydrogen) atoms. The van der Waals surface area contributed by atoms with Gasteiger partial charge in [0.05, 0.1) is 0 Å². The molecular formula is C16H24FN3O2. The standard InChI is InChI=1S/C16H24FN3O2/c1-16(2,3)22-15(21)20-6-4-12(5-7-20)13-8-11(10-18)9-14(17)19-13/h8-9,12H,4-7,10,18H2,1-3H3. The van der Waals surface area contributed by atoms with Crippen LogP contribution in [0.4, 0.5) is 9.18 Å².